The second kappa shape index (κ2) is 5.20. The van der Waals surface area contributed by atoms with Gasteiger partial charge in [-0.1, -0.05) is 0 Å². The molecular formula is C15H13N3OS2. The average molecular weight is 315 g/mol. The summed E-state index contributed by atoms with van der Waals surface area (Å²) in [6.07, 6.45) is 5.99. The third-order valence-corrected chi connectivity index (χ3v) is 4.89. The van der Waals surface area contributed by atoms with Gasteiger partial charge < -0.3 is 9.64 Å². The van der Waals surface area contributed by atoms with Crippen LogP contribution in [0.25, 0.3) is 10.2 Å². The van der Waals surface area contributed by atoms with E-state index in [1.165, 1.54) is 4.70 Å². The Balaban J connectivity index is 1.65. The maximum atomic E-state index is 6.03. The predicted molar refractivity (Wildman–Crippen MR) is 88.8 cm³/mol. The van der Waals surface area contributed by atoms with Crippen LogP contribution in [0.4, 0.5) is 0 Å². The molecule has 0 N–H and O–H groups in total. The number of aryl methyl sites for hydroxylation is 1. The number of hydrogen-bond acceptors (Lipinski definition) is 6. The molecule has 0 spiro atoms. The van der Waals surface area contributed by atoms with E-state index in [0.717, 1.165) is 40.2 Å². The molecule has 6 heteroatoms. The van der Waals surface area contributed by atoms with Crippen molar-refractivity contribution in [2.24, 2.45) is 4.40 Å². The van der Waals surface area contributed by atoms with Gasteiger partial charge >= 0.3 is 0 Å². The summed E-state index contributed by atoms with van der Waals surface area (Å²) in [6.45, 7) is 2.98. The zero-order valence-electron chi connectivity index (χ0n) is 11.4. The number of fused-ring (bicyclic) bond motifs is 2. The van der Waals surface area contributed by atoms with Crippen molar-refractivity contribution in [3.8, 4) is 5.75 Å². The van der Waals surface area contributed by atoms with E-state index in [2.05, 4.69) is 20.3 Å². The first kappa shape index (κ1) is 12.9. The topological polar surface area (TPSA) is 37.7 Å². The first-order valence-corrected chi connectivity index (χ1v) is 8.46. The van der Waals surface area contributed by atoms with Crippen LogP contribution in [0.5, 0.6) is 5.75 Å². The molecule has 4 rings (SSSR count). The average Bonchev–Trinajstić information content (AvgIpc) is 2.87. The Labute approximate surface area is 131 Å². The minimum absolute atomic E-state index is 0.788. The first-order chi connectivity index (χ1) is 10.3. The highest BCUT2D eigenvalue weighted by molar-refractivity contribution is 7.98. The maximum Gasteiger partial charge on any atom is 0.183 e. The van der Waals surface area contributed by atoms with Gasteiger partial charge in [0, 0.05) is 24.6 Å². The van der Waals surface area contributed by atoms with Crippen LogP contribution in [0.3, 0.4) is 0 Å². The van der Waals surface area contributed by atoms with Crippen LogP contribution in [-0.4, -0.2) is 28.0 Å². The van der Waals surface area contributed by atoms with Crippen LogP contribution in [0, 0.1) is 6.92 Å². The van der Waals surface area contributed by atoms with E-state index < -0.39 is 0 Å². The first-order valence-electron chi connectivity index (χ1n) is 6.70. The standard InChI is InChI=1S/C15H13N3OS2/c1-10-16-12-9-11(4-5-14(12)21-10)19-13-3-2-6-18-7-8-20-17-15(13)18/h2-6,9H,7-8H2,1H3. The molecule has 0 saturated carbocycles. The lowest BCUT2D eigenvalue weighted by atomic mass is 10.2. The van der Waals surface area contributed by atoms with Gasteiger partial charge in [0.1, 0.15) is 5.75 Å². The largest absolute Gasteiger partial charge is 0.453 e. The lowest BCUT2D eigenvalue weighted by Crippen LogP contribution is -2.34. The summed E-state index contributed by atoms with van der Waals surface area (Å²) in [7, 11) is 0. The number of ether oxygens (including phenoxy) is 1. The van der Waals surface area contributed by atoms with Gasteiger partial charge in [-0.05, 0) is 43.2 Å². The second-order valence-corrected chi connectivity index (χ2v) is 6.86. The third-order valence-electron chi connectivity index (χ3n) is 3.27. The molecule has 2 aliphatic rings. The number of amidine groups is 1. The zero-order valence-corrected chi connectivity index (χ0v) is 13.1. The Morgan fingerprint density at radius 1 is 1.33 bits per heavy atom. The number of nitrogens with zero attached hydrogens (tertiary/aromatic N) is 3. The smallest absolute Gasteiger partial charge is 0.183 e. The number of thiazole rings is 1. The molecule has 0 fully saturated rings. The summed E-state index contributed by atoms with van der Waals surface area (Å²) in [5.41, 5.74) is 0.985. The van der Waals surface area contributed by atoms with Crippen molar-refractivity contribution in [2.45, 2.75) is 6.92 Å². The number of allylic oxidation sites excluding steroid dienone is 2. The number of benzene rings is 1. The van der Waals surface area contributed by atoms with Crippen molar-refractivity contribution >= 4 is 39.3 Å². The molecule has 0 amide bonds. The summed E-state index contributed by atoms with van der Waals surface area (Å²) in [5.74, 6) is 3.48. The van der Waals surface area contributed by atoms with E-state index in [-0.39, 0.29) is 0 Å². The van der Waals surface area contributed by atoms with Gasteiger partial charge in [0.25, 0.3) is 0 Å². The molecule has 0 bridgehead atoms. The highest BCUT2D eigenvalue weighted by Gasteiger charge is 2.22. The normalized spacial score (nSPS) is 17.5. The van der Waals surface area contributed by atoms with Gasteiger partial charge in [0.05, 0.1) is 15.2 Å². The van der Waals surface area contributed by atoms with E-state index in [9.17, 15) is 0 Å². The van der Waals surface area contributed by atoms with E-state index in [0.29, 0.717) is 0 Å². The molecule has 1 aromatic heterocycles. The van der Waals surface area contributed by atoms with Crippen LogP contribution in [0.15, 0.2) is 46.7 Å². The summed E-state index contributed by atoms with van der Waals surface area (Å²) in [5, 5.41) is 1.07. The minimum Gasteiger partial charge on any atom is -0.453 e. The van der Waals surface area contributed by atoms with Gasteiger partial charge in [-0.25, -0.2) is 4.98 Å². The van der Waals surface area contributed by atoms with Crippen molar-refractivity contribution in [1.82, 2.24) is 9.88 Å². The molecule has 3 heterocycles. The summed E-state index contributed by atoms with van der Waals surface area (Å²) in [4.78, 5) is 6.63. The SMILES string of the molecule is Cc1nc2cc(OC3=CC=CN4CCSN=C34)ccc2s1. The third kappa shape index (κ3) is 2.45. The lowest BCUT2D eigenvalue weighted by molar-refractivity contribution is 0.431. The van der Waals surface area contributed by atoms with Crippen molar-refractivity contribution in [1.29, 1.82) is 0 Å². The van der Waals surface area contributed by atoms with Crippen LogP contribution < -0.4 is 4.74 Å². The van der Waals surface area contributed by atoms with Gasteiger partial charge in [-0.15, -0.1) is 11.3 Å². The molecular weight excluding hydrogens is 302 g/mol. The van der Waals surface area contributed by atoms with Crippen LogP contribution in [-0.2, 0) is 0 Å². The highest BCUT2D eigenvalue weighted by atomic mass is 32.2. The lowest BCUT2D eigenvalue weighted by Gasteiger charge is -2.28. The van der Waals surface area contributed by atoms with Crippen molar-refractivity contribution in [3.63, 3.8) is 0 Å². The van der Waals surface area contributed by atoms with Crippen LogP contribution in [0.1, 0.15) is 5.01 Å². The molecule has 0 saturated heterocycles. The van der Waals surface area contributed by atoms with Gasteiger partial charge in [0.2, 0.25) is 0 Å². The van der Waals surface area contributed by atoms with Crippen molar-refractivity contribution in [2.75, 3.05) is 12.3 Å². The number of aromatic nitrogens is 1. The Hall–Kier alpha value is -1.79. The molecule has 2 aromatic rings. The zero-order chi connectivity index (χ0) is 14.2. The summed E-state index contributed by atoms with van der Waals surface area (Å²) in [6, 6.07) is 6.03. The van der Waals surface area contributed by atoms with Gasteiger partial charge in [0.15, 0.2) is 11.6 Å². The van der Waals surface area contributed by atoms with E-state index >= 15 is 0 Å². The fraction of sp³-hybridized carbons (Fsp3) is 0.200. The minimum atomic E-state index is 0.788. The molecule has 21 heavy (non-hydrogen) atoms. The Kier molecular flexibility index (Phi) is 3.20. The number of hydrogen-bond donors (Lipinski definition) is 0. The highest BCUT2D eigenvalue weighted by Crippen LogP contribution is 2.28. The van der Waals surface area contributed by atoms with Gasteiger partial charge in [-0.3, -0.25) is 0 Å². The Bertz CT molecular complexity index is 791. The maximum absolute atomic E-state index is 6.03. The fourth-order valence-corrected chi connectivity index (χ4v) is 3.83. The van der Waals surface area contributed by atoms with Gasteiger partial charge in [-0.2, -0.15) is 4.40 Å². The molecule has 0 aliphatic carbocycles. The predicted octanol–water partition coefficient (Wildman–Crippen LogP) is 3.76. The van der Waals surface area contributed by atoms with Crippen molar-refractivity contribution in [3.05, 3.63) is 47.3 Å². The Morgan fingerprint density at radius 2 is 2.29 bits per heavy atom. The quantitative estimate of drug-likeness (QED) is 0.791. The molecule has 2 aliphatic heterocycles. The molecule has 0 atom stereocenters. The molecule has 106 valence electrons. The molecule has 1 aromatic carbocycles. The van der Waals surface area contributed by atoms with E-state index in [1.807, 2.05) is 37.4 Å². The molecule has 0 unspecified atom stereocenters. The second-order valence-electron chi connectivity index (χ2n) is 4.78. The Morgan fingerprint density at radius 3 is 3.24 bits per heavy atom. The summed E-state index contributed by atoms with van der Waals surface area (Å²) < 4.78 is 11.7. The van der Waals surface area contributed by atoms with E-state index in [4.69, 9.17) is 4.74 Å². The molecule has 4 nitrogen and oxygen atoms in total. The molecule has 0 radical (unpaired) electrons. The fourth-order valence-electron chi connectivity index (χ4n) is 2.34. The van der Waals surface area contributed by atoms with Crippen molar-refractivity contribution < 1.29 is 4.74 Å². The van der Waals surface area contributed by atoms with Crippen LogP contribution >= 0.6 is 23.3 Å². The summed E-state index contributed by atoms with van der Waals surface area (Å²) >= 11 is 3.28. The monoisotopic (exact) mass is 315 g/mol. The van der Waals surface area contributed by atoms with Crippen LogP contribution in [0.2, 0.25) is 0 Å². The number of rotatable bonds is 2. The van der Waals surface area contributed by atoms with E-state index in [1.54, 1.807) is 23.3 Å².